The molecule has 6 heteroatoms. The Morgan fingerprint density at radius 2 is 1.94 bits per heavy atom. The van der Waals surface area contributed by atoms with Crippen molar-refractivity contribution in [3.05, 3.63) is 0 Å². The van der Waals surface area contributed by atoms with Gasteiger partial charge in [-0.25, -0.2) is 4.79 Å². The van der Waals surface area contributed by atoms with Crippen molar-refractivity contribution in [2.24, 2.45) is 0 Å². The van der Waals surface area contributed by atoms with E-state index in [1.54, 1.807) is 6.92 Å². The van der Waals surface area contributed by atoms with E-state index in [-0.39, 0.29) is 6.10 Å². The van der Waals surface area contributed by atoms with Crippen LogP contribution >= 0.6 is 0 Å². The van der Waals surface area contributed by atoms with Gasteiger partial charge in [0.2, 0.25) is 5.91 Å². The van der Waals surface area contributed by atoms with Gasteiger partial charge in [0.15, 0.2) is 0 Å². The minimum atomic E-state index is -0.544. The standard InChI is InChI=1S/C10H19N3O3/c1-7(9(14)12-10(15)11-2)13-16-8-5-3-4-6-8/h7-8,13H,3-6H2,1-2H3,(H2,11,12,14,15). The van der Waals surface area contributed by atoms with E-state index in [1.807, 2.05) is 0 Å². The first-order valence-corrected chi connectivity index (χ1v) is 5.57. The molecule has 0 bridgehead atoms. The Morgan fingerprint density at radius 3 is 2.50 bits per heavy atom. The molecule has 16 heavy (non-hydrogen) atoms. The number of carbonyl (C=O) groups excluding carboxylic acids is 2. The molecule has 1 aliphatic rings. The van der Waals surface area contributed by atoms with E-state index in [2.05, 4.69) is 16.1 Å². The minimum absolute atomic E-state index is 0.190. The molecule has 1 atom stereocenters. The maximum atomic E-state index is 11.4. The summed E-state index contributed by atoms with van der Waals surface area (Å²) < 4.78 is 0. The quantitative estimate of drug-likeness (QED) is 0.605. The van der Waals surface area contributed by atoms with Crippen LogP contribution in [-0.4, -0.2) is 31.1 Å². The second-order valence-corrected chi connectivity index (χ2v) is 3.93. The molecule has 0 saturated heterocycles. The Balaban J connectivity index is 2.20. The molecular weight excluding hydrogens is 210 g/mol. The predicted molar refractivity (Wildman–Crippen MR) is 58.5 cm³/mol. The number of imide groups is 1. The summed E-state index contributed by atoms with van der Waals surface area (Å²) in [6.45, 7) is 1.65. The van der Waals surface area contributed by atoms with Crippen LogP contribution in [0.25, 0.3) is 0 Å². The number of urea groups is 1. The molecule has 0 aromatic heterocycles. The van der Waals surface area contributed by atoms with Gasteiger partial charge >= 0.3 is 6.03 Å². The molecule has 1 aliphatic carbocycles. The van der Waals surface area contributed by atoms with Gasteiger partial charge in [-0.15, -0.1) is 0 Å². The van der Waals surface area contributed by atoms with E-state index in [9.17, 15) is 9.59 Å². The minimum Gasteiger partial charge on any atom is -0.341 e. The number of amides is 3. The first-order chi connectivity index (χ1) is 7.63. The smallest absolute Gasteiger partial charge is 0.321 e. The van der Waals surface area contributed by atoms with Gasteiger partial charge < -0.3 is 5.32 Å². The van der Waals surface area contributed by atoms with Gasteiger partial charge in [-0.2, -0.15) is 5.48 Å². The van der Waals surface area contributed by atoms with Crippen molar-refractivity contribution in [1.29, 1.82) is 0 Å². The van der Waals surface area contributed by atoms with Gasteiger partial charge in [0, 0.05) is 7.05 Å². The van der Waals surface area contributed by atoms with Crippen LogP contribution in [-0.2, 0) is 9.63 Å². The average Bonchev–Trinajstić information content (AvgIpc) is 2.78. The topological polar surface area (TPSA) is 79.5 Å². The van der Waals surface area contributed by atoms with Crippen LogP contribution in [0, 0.1) is 0 Å². The van der Waals surface area contributed by atoms with E-state index >= 15 is 0 Å². The summed E-state index contributed by atoms with van der Waals surface area (Å²) in [4.78, 5) is 27.6. The maximum absolute atomic E-state index is 11.4. The van der Waals surface area contributed by atoms with Gasteiger partial charge in [-0.1, -0.05) is 12.8 Å². The molecule has 0 aromatic carbocycles. The van der Waals surface area contributed by atoms with E-state index < -0.39 is 18.0 Å². The Kier molecular flexibility index (Phi) is 5.21. The number of hydroxylamine groups is 1. The fraction of sp³-hybridized carbons (Fsp3) is 0.800. The van der Waals surface area contributed by atoms with Crippen molar-refractivity contribution >= 4 is 11.9 Å². The molecule has 0 aromatic rings. The zero-order valence-electron chi connectivity index (χ0n) is 9.71. The summed E-state index contributed by atoms with van der Waals surface area (Å²) in [6, 6.07) is -1.06. The highest BCUT2D eigenvalue weighted by Gasteiger charge is 2.19. The fourth-order valence-electron chi connectivity index (χ4n) is 1.54. The van der Waals surface area contributed by atoms with Gasteiger partial charge in [0.25, 0.3) is 0 Å². The zero-order chi connectivity index (χ0) is 12.0. The Morgan fingerprint density at radius 1 is 1.31 bits per heavy atom. The Labute approximate surface area is 95.1 Å². The molecule has 6 nitrogen and oxygen atoms in total. The van der Waals surface area contributed by atoms with Gasteiger partial charge in [0.1, 0.15) is 6.04 Å². The van der Waals surface area contributed by atoms with Gasteiger partial charge in [-0.3, -0.25) is 14.9 Å². The largest absolute Gasteiger partial charge is 0.341 e. The Bertz CT molecular complexity index is 252. The highest BCUT2D eigenvalue weighted by molar-refractivity contribution is 5.96. The van der Waals surface area contributed by atoms with Crippen LogP contribution in [0.2, 0.25) is 0 Å². The van der Waals surface area contributed by atoms with E-state index in [0.29, 0.717) is 0 Å². The third kappa shape index (κ3) is 4.16. The van der Waals surface area contributed by atoms with E-state index in [0.717, 1.165) is 12.8 Å². The lowest BCUT2D eigenvalue weighted by molar-refractivity contribution is -0.127. The third-order valence-electron chi connectivity index (χ3n) is 2.57. The first-order valence-electron chi connectivity index (χ1n) is 5.57. The lowest BCUT2D eigenvalue weighted by Crippen LogP contribution is -2.47. The molecule has 0 spiro atoms. The molecule has 0 radical (unpaired) electrons. The SMILES string of the molecule is CNC(=O)NC(=O)C(C)NOC1CCCC1. The fourth-order valence-corrected chi connectivity index (χ4v) is 1.54. The second-order valence-electron chi connectivity index (χ2n) is 3.93. The second kappa shape index (κ2) is 6.44. The molecule has 0 aliphatic heterocycles. The first kappa shape index (κ1) is 12.9. The molecule has 1 fully saturated rings. The lowest BCUT2D eigenvalue weighted by Gasteiger charge is -2.16. The summed E-state index contributed by atoms with van der Waals surface area (Å²) in [5.74, 6) is -0.405. The Hall–Kier alpha value is -1.14. The van der Waals surface area contributed by atoms with Crippen molar-refractivity contribution in [1.82, 2.24) is 16.1 Å². The van der Waals surface area contributed by atoms with Crippen LogP contribution in [0.5, 0.6) is 0 Å². The zero-order valence-corrected chi connectivity index (χ0v) is 9.71. The molecule has 0 heterocycles. The molecular formula is C10H19N3O3. The number of rotatable bonds is 4. The third-order valence-corrected chi connectivity index (χ3v) is 2.57. The van der Waals surface area contributed by atoms with Crippen LogP contribution in [0.15, 0.2) is 0 Å². The number of hydrogen-bond acceptors (Lipinski definition) is 4. The van der Waals surface area contributed by atoms with Crippen LogP contribution in [0.3, 0.4) is 0 Å². The number of nitrogens with one attached hydrogen (secondary N) is 3. The van der Waals surface area contributed by atoms with Crippen LogP contribution < -0.4 is 16.1 Å². The summed E-state index contributed by atoms with van der Waals surface area (Å²) >= 11 is 0. The summed E-state index contributed by atoms with van der Waals surface area (Å²) in [5, 5.41) is 4.48. The maximum Gasteiger partial charge on any atom is 0.321 e. The highest BCUT2D eigenvalue weighted by atomic mass is 16.7. The normalized spacial score (nSPS) is 18.1. The summed E-state index contributed by atoms with van der Waals surface area (Å²) in [6.07, 6.45) is 4.58. The molecule has 1 unspecified atom stereocenters. The molecule has 3 amide bonds. The van der Waals surface area contributed by atoms with Crippen molar-refractivity contribution in [3.8, 4) is 0 Å². The van der Waals surface area contributed by atoms with Crippen molar-refractivity contribution in [2.45, 2.75) is 44.8 Å². The van der Waals surface area contributed by atoms with Crippen LogP contribution in [0.4, 0.5) is 4.79 Å². The van der Waals surface area contributed by atoms with Crippen molar-refractivity contribution in [3.63, 3.8) is 0 Å². The van der Waals surface area contributed by atoms with Crippen molar-refractivity contribution in [2.75, 3.05) is 7.05 Å². The van der Waals surface area contributed by atoms with Gasteiger partial charge in [-0.05, 0) is 19.8 Å². The lowest BCUT2D eigenvalue weighted by atomic mass is 10.3. The van der Waals surface area contributed by atoms with Gasteiger partial charge in [0.05, 0.1) is 6.10 Å². The van der Waals surface area contributed by atoms with Crippen LogP contribution in [0.1, 0.15) is 32.6 Å². The molecule has 1 rings (SSSR count). The summed E-state index contributed by atoms with van der Waals surface area (Å²) in [7, 11) is 1.45. The molecule has 3 N–H and O–H groups in total. The number of carbonyl (C=O) groups is 2. The predicted octanol–water partition coefficient (Wildman–Crippen LogP) is 0.294. The van der Waals surface area contributed by atoms with E-state index in [1.165, 1.54) is 19.9 Å². The van der Waals surface area contributed by atoms with E-state index in [4.69, 9.17) is 4.84 Å². The average molecular weight is 229 g/mol. The molecule has 1 saturated carbocycles. The molecule has 92 valence electrons. The monoisotopic (exact) mass is 229 g/mol. The number of hydrogen-bond donors (Lipinski definition) is 3. The summed E-state index contributed by atoms with van der Waals surface area (Å²) in [5.41, 5.74) is 2.66. The highest BCUT2D eigenvalue weighted by Crippen LogP contribution is 2.19. The van der Waals surface area contributed by atoms with Crippen molar-refractivity contribution < 1.29 is 14.4 Å².